The first kappa shape index (κ1) is 13.6. The number of carbonyl (C=O) groups excluding carboxylic acids is 2. The van der Waals surface area contributed by atoms with Crippen LogP contribution in [0.25, 0.3) is 10.4 Å². The van der Waals surface area contributed by atoms with E-state index >= 15 is 0 Å². The predicted octanol–water partition coefficient (Wildman–Crippen LogP) is 0.284. The van der Waals surface area contributed by atoms with Crippen LogP contribution >= 0.6 is 0 Å². The molecule has 0 radical (unpaired) electrons. The second-order valence-electron chi connectivity index (χ2n) is 4.22. The van der Waals surface area contributed by atoms with E-state index in [-0.39, 0.29) is 6.61 Å². The highest BCUT2D eigenvalue weighted by atomic mass is 16.7. The normalized spacial score (nSPS) is 36.2. The summed E-state index contributed by atoms with van der Waals surface area (Å²) in [6, 6.07) is -0.892. The Morgan fingerprint density at radius 3 is 2.47 bits per heavy atom. The van der Waals surface area contributed by atoms with E-state index in [0.717, 1.165) is 0 Å². The Hall–Kier alpha value is -1.83. The van der Waals surface area contributed by atoms with E-state index in [9.17, 15) is 9.59 Å². The van der Waals surface area contributed by atoms with Crippen molar-refractivity contribution >= 4 is 11.9 Å². The molecule has 0 N–H and O–H groups in total. The van der Waals surface area contributed by atoms with E-state index < -0.39 is 42.6 Å². The van der Waals surface area contributed by atoms with E-state index in [1.54, 1.807) is 0 Å². The summed E-state index contributed by atoms with van der Waals surface area (Å²) < 4.78 is 20.9. The maximum atomic E-state index is 11.1. The lowest BCUT2D eigenvalue weighted by Gasteiger charge is -2.37. The van der Waals surface area contributed by atoms with Gasteiger partial charge in [0.25, 0.3) is 0 Å². The Kier molecular flexibility index (Phi) is 3.89. The smallest absolute Gasteiger partial charge is 0.303 e. The second kappa shape index (κ2) is 5.43. The summed E-state index contributed by atoms with van der Waals surface area (Å²) >= 11 is 0. The highest BCUT2D eigenvalue weighted by Crippen LogP contribution is 2.33. The maximum absolute atomic E-state index is 11.1. The Morgan fingerprint density at radius 2 is 1.89 bits per heavy atom. The molecule has 0 saturated carbocycles. The minimum atomic E-state index is -0.913. The SMILES string of the molecule is CC(=O)O[C@H]1[C@H](OC(C)=O)[C@@H](N=[N+]=[N-])C2OC[C@H]1O2. The fourth-order valence-electron chi connectivity index (χ4n) is 2.20. The second-order valence-corrected chi connectivity index (χ2v) is 4.22. The first-order valence-corrected chi connectivity index (χ1v) is 5.68. The summed E-state index contributed by atoms with van der Waals surface area (Å²) in [4.78, 5) is 24.9. The van der Waals surface area contributed by atoms with Gasteiger partial charge < -0.3 is 18.9 Å². The summed E-state index contributed by atoms with van der Waals surface area (Å²) in [7, 11) is 0. The van der Waals surface area contributed by atoms with E-state index in [0.29, 0.717) is 0 Å². The number of esters is 2. The van der Waals surface area contributed by atoms with Crippen molar-refractivity contribution in [3.63, 3.8) is 0 Å². The topological polar surface area (TPSA) is 120 Å². The quantitative estimate of drug-likeness (QED) is 0.315. The van der Waals surface area contributed by atoms with Gasteiger partial charge in [-0.1, -0.05) is 5.11 Å². The number of nitrogens with zero attached hydrogens (tertiary/aromatic N) is 3. The molecule has 2 aliphatic rings. The molecule has 5 atom stereocenters. The van der Waals surface area contributed by atoms with Crippen LogP contribution in [0.5, 0.6) is 0 Å². The van der Waals surface area contributed by atoms with E-state index in [1.165, 1.54) is 13.8 Å². The van der Waals surface area contributed by atoms with Crippen LogP contribution in [0.3, 0.4) is 0 Å². The average Bonchev–Trinajstić information content (AvgIpc) is 2.74. The van der Waals surface area contributed by atoms with Crippen molar-refractivity contribution in [3.05, 3.63) is 10.4 Å². The molecule has 2 aliphatic heterocycles. The zero-order valence-corrected chi connectivity index (χ0v) is 10.4. The van der Waals surface area contributed by atoms with Gasteiger partial charge in [0.2, 0.25) is 0 Å². The van der Waals surface area contributed by atoms with Gasteiger partial charge in [-0.15, -0.1) is 0 Å². The molecule has 2 fully saturated rings. The fraction of sp³-hybridized carbons (Fsp3) is 0.800. The van der Waals surface area contributed by atoms with Crippen molar-refractivity contribution in [2.75, 3.05) is 6.61 Å². The van der Waals surface area contributed by atoms with Gasteiger partial charge in [0, 0.05) is 18.8 Å². The van der Waals surface area contributed by atoms with Crippen LogP contribution in [0.2, 0.25) is 0 Å². The highest BCUT2D eigenvalue weighted by Gasteiger charge is 2.53. The molecule has 0 aliphatic carbocycles. The van der Waals surface area contributed by atoms with Crippen molar-refractivity contribution in [2.24, 2.45) is 5.11 Å². The van der Waals surface area contributed by atoms with Gasteiger partial charge in [-0.3, -0.25) is 9.59 Å². The molecule has 2 rings (SSSR count). The summed E-state index contributed by atoms with van der Waals surface area (Å²) in [5.74, 6) is -1.11. The van der Waals surface area contributed by atoms with Crippen LogP contribution in [-0.4, -0.2) is 49.2 Å². The van der Waals surface area contributed by atoms with Crippen molar-refractivity contribution < 1.29 is 28.5 Å². The number of hydrogen-bond donors (Lipinski definition) is 0. The Labute approximate surface area is 108 Å². The number of fused-ring (bicyclic) bond motifs is 2. The third-order valence-electron chi connectivity index (χ3n) is 2.83. The lowest BCUT2D eigenvalue weighted by atomic mass is 9.99. The number of ether oxygens (including phenoxy) is 4. The molecule has 0 amide bonds. The van der Waals surface area contributed by atoms with Gasteiger partial charge in [0.15, 0.2) is 18.5 Å². The Balaban J connectivity index is 2.28. The Morgan fingerprint density at radius 1 is 1.26 bits per heavy atom. The first-order chi connectivity index (χ1) is 9.02. The third-order valence-corrected chi connectivity index (χ3v) is 2.83. The van der Waals surface area contributed by atoms with Gasteiger partial charge in [0.1, 0.15) is 12.1 Å². The molecule has 104 valence electrons. The summed E-state index contributed by atoms with van der Waals surface area (Å²) in [6.07, 6.45) is -3.10. The average molecular weight is 271 g/mol. The van der Waals surface area contributed by atoms with Crippen LogP contribution in [0.4, 0.5) is 0 Å². The molecule has 1 unspecified atom stereocenters. The fourth-order valence-corrected chi connectivity index (χ4v) is 2.20. The van der Waals surface area contributed by atoms with E-state index in [4.69, 9.17) is 24.5 Å². The van der Waals surface area contributed by atoms with Crippen LogP contribution < -0.4 is 0 Å². The molecule has 2 heterocycles. The standard InChI is InChI=1S/C10H13N3O6/c1-4(14)17-8-6-3-16-10(19-6)7(12-13-11)9(8)18-5(2)15/h6-10H,3H2,1-2H3/t6-,7-,8-,9-,10?/m1/s1. The molecular formula is C10H13N3O6. The largest absolute Gasteiger partial charge is 0.458 e. The lowest BCUT2D eigenvalue weighted by molar-refractivity contribution is -0.209. The van der Waals surface area contributed by atoms with Gasteiger partial charge in [-0.05, 0) is 5.53 Å². The van der Waals surface area contributed by atoms with Crippen molar-refractivity contribution in [1.82, 2.24) is 0 Å². The number of rotatable bonds is 3. The molecule has 0 spiro atoms. The maximum Gasteiger partial charge on any atom is 0.303 e. The molecule has 0 aromatic heterocycles. The lowest BCUT2D eigenvalue weighted by Crippen LogP contribution is -2.56. The minimum Gasteiger partial charge on any atom is -0.458 e. The van der Waals surface area contributed by atoms with Crippen LogP contribution in [0.15, 0.2) is 5.11 Å². The molecule has 2 bridgehead atoms. The van der Waals surface area contributed by atoms with E-state index in [1.807, 2.05) is 0 Å². The number of carbonyl (C=O) groups is 2. The minimum absolute atomic E-state index is 0.178. The summed E-state index contributed by atoms with van der Waals surface area (Å²) in [6.45, 7) is 2.63. The highest BCUT2D eigenvalue weighted by molar-refractivity contribution is 5.67. The zero-order chi connectivity index (χ0) is 14.0. The van der Waals surface area contributed by atoms with Crippen LogP contribution in [0, 0.1) is 0 Å². The molecule has 19 heavy (non-hydrogen) atoms. The van der Waals surface area contributed by atoms with Gasteiger partial charge >= 0.3 is 11.9 Å². The van der Waals surface area contributed by atoms with Crippen molar-refractivity contribution in [2.45, 2.75) is 44.5 Å². The van der Waals surface area contributed by atoms with Crippen LogP contribution in [-0.2, 0) is 28.5 Å². The van der Waals surface area contributed by atoms with Crippen molar-refractivity contribution in [3.8, 4) is 0 Å². The molecule has 2 saturated heterocycles. The summed E-state index contributed by atoms with van der Waals surface area (Å²) in [5, 5.41) is 3.52. The molecule has 0 aromatic carbocycles. The Bertz CT molecular complexity index is 435. The number of hydrogen-bond acceptors (Lipinski definition) is 7. The van der Waals surface area contributed by atoms with Gasteiger partial charge in [-0.25, -0.2) is 0 Å². The molecular weight excluding hydrogens is 258 g/mol. The predicted molar refractivity (Wildman–Crippen MR) is 58.7 cm³/mol. The van der Waals surface area contributed by atoms with E-state index in [2.05, 4.69) is 10.0 Å². The number of azide groups is 1. The zero-order valence-electron chi connectivity index (χ0n) is 10.4. The first-order valence-electron chi connectivity index (χ1n) is 5.68. The van der Waals surface area contributed by atoms with Crippen molar-refractivity contribution in [1.29, 1.82) is 0 Å². The van der Waals surface area contributed by atoms with Gasteiger partial charge in [-0.2, -0.15) is 0 Å². The monoisotopic (exact) mass is 271 g/mol. The summed E-state index contributed by atoms with van der Waals surface area (Å²) in [5.41, 5.74) is 8.56. The molecule has 0 aromatic rings. The van der Waals surface area contributed by atoms with Gasteiger partial charge in [0.05, 0.1) is 6.61 Å². The third kappa shape index (κ3) is 2.78. The molecule has 9 nitrogen and oxygen atoms in total. The molecule has 9 heteroatoms. The van der Waals surface area contributed by atoms with Crippen LogP contribution in [0.1, 0.15) is 13.8 Å².